The zero-order chi connectivity index (χ0) is 9.84. The Morgan fingerprint density at radius 2 is 2.08 bits per heavy atom. The Hall–Kier alpha value is -1.23. The van der Waals surface area contributed by atoms with Crippen molar-refractivity contribution in [1.29, 1.82) is 0 Å². The van der Waals surface area contributed by atoms with E-state index in [0.717, 1.165) is 6.07 Å². The molecule has 0 atom stereocenters. The molecule has 0 spiro atoms. The molecule has 0 saturated carbocycles. The average Bonchev–Trinajstić information content (AvgIpc) is 2.08. The van der Waals surface area contributed by atoms with E-state index in [1.807, 2.05) is 0 Å². The van der Waals surface area contributed by atoms with Crippen molar-refractivity contribution in [3.8, 4) is 5.75 Å². The van der Waals surface area contributed by atoms with E-state index in [2.05, 4.69) is 4.74 Å². The topological polar surface area (TPSA) is 35.2 Å². The van der Waals surface area contributed by atoms with Crippen molar-refractivity contribution >= 4 is 0 Å². The van der Waals surface area contributed by atoms with Gasteiger partial charge in [-0.25, -0.2) is 4.39 Å². The smallest absolute Gasteiger partial charge is 0.387 e. The summed E-state index contributed by atoms with van der Waals surface area (Å²) in [5.74, 6) is -1.30. The van der Waals surface area contributed by atoms with Crippen LogP contribution in [0.4, 0.5) is 13.2 Å². The molecule has 2 nitrogen and oxygen atoms in total. The molecule has 13 heavy (non-hydrogen) atoms. The summed E-state index contributed by atoms with van der Waals surface area (Å²) < 4.78 is 40.4. The molecule has 0 bridgehead atoms. The monoisotopic (exact) mass is 191 g/mol. The maximum Gasteiger partial charge on any atom is 0.387 e. The third-order valence-corrected chi connectivity index (χ3v) is 1.48. The Labute approximate surface area is 73.1 Å². The molecule has 1 aromatic carbocycles. The Bertz CT molecular complexity index is 291. The van der Waals surface area contributed by atoms with Crippen molar-refractivity contribution in [3.05, 3.63) is 29.6 Å². The van der Waals surface area contributed by atoms with Gasteiger partial charge < -0.3 is 10.5 Å². The summed E-state index contributed by atoms with van der Waals surface area (Å²) >= 11 is 0. The zero-order valence-electron chi connectivity index (χ0n) is 6.64. The highest BCUT2D eigenvalue weighted by molar-refractivity contribution is 5.34. The van der Waals surface area contributed by atoms with Crippen molar-refractivity contribution in [2.75, 3.05) is 0 Å². The van der Waals surface area contributed by atoms with Gasteiger partial charge in [0.15, 0.2) is 11.6 Å². The highest BCUT2D eigenvalue weighted by atomic mass is 19.3. The Morgan fingerprint density at radius 3 is 2.62 bits per heavy atom. The lowest BCUT2D eigenvalue weighted by atomic mass is 10.2. The molecule has 1 rings (SSSR count). The third kappa shape index (κ3) is 2.35. The first-order valence-corrected chi connectivity index (χ1v) is 3.57. The molecule has 0 radical (unpaired) electrons. The van der Waals surface area contributed by atoms with E-state index in [4.69, 9.17) is 5.73 Å². The van der Waals surface area contributed by atoms with E-state index in [1.165, 1.54) is 12.1 Å². The largest absolute Gasteiger partial charge is 0.431 e. The summed E-state index contributed by atoms with van der Waals surface area (Å²) in [4.78, 5) is 0. The summed E-state index contributed by atoms with van der Waals surface area (Å²) in [6.07, 6.45) is 0. The number of halogens is 3. The molecule has 72 valence electrons. The van der Waals surface area contributed by atoms with Crippen LogP contribution in [0.15, 0.2) is 18.2 Å². The van der Waals surface area contributed by atoms with Crippen molar-refractivity contribution in [2.45, 2.75) is 13.2 Å². The minimum Gasteiger partial charge on any atom is -0.431 e. The van der Waals surface area contributed by atoms with E-state index in [1.54, 1.807) is 0 Å². The van der Waals surface area contributed by atoms with E-state index < -0.39 is 18.2 Å². The summed E-state index contributed by atoms with van der Waals surface area (Å²) in [6, 6.07) is 3.85. The van der Waals surface area contributed by atoms with Gasteiger partial charge in [0.2, 0.25) is 0 Å². The first-order chi connectivity index (χ1) is 6.15. The van der Waals surface area contributed by atoms with E-state index in [9.17, 15) is 13.2 Å². The maximum absolute atomic E-state index is 12.9. The second-order valence-corrected chi connectivity index (χ2v) is 2.31. The van der Waals surface area contributed by atoms with Gasteiger partial charge in [-0.05, 0) is 6.07 Å². The van der Waals surface area contributed by atoms with Gasteiger partial charge in [0.1, 0.15) is 0 Å². The Morgan fingerprint density at radius 1 is 1.38 bits per heavy atom. The molecule has 0 aromatic heterocycles. The molecule has 0 amide bonds. The number of hydrogen-bond acceptors (Lipinski definition) is 2. The van der Waals surface area contributed by atoms with Crippen LogP contribution in [0.5, 0.6) is 5.75 Å². The van der Waals surface area contributed by atoms with Gasteiger partial charge in [0, 0.05) is 12.1 Å². The molecule has 2 N–H and O–H groups in total. The van der Waals surface area contributed by atoms with Crippen LogP contribution in [0.1, 0.15) is 5.56 Å². The van der Waals surface area contributed by atoms with Gasteiger partial charge in [0.25, 0.3) is 0 Å². The summed E-state index contributed by atoms with van der Waals surface area (Å²) in [7, 11) is 0. The van der Waals surface area contributed by atoms with Crippen LogP contribution in [-0.2, 0) is 6.54 Å². The lowest BCUT2D eigenvalue weighted by Crippen LogP contribution is -2.08. The molecule has 0 unspecified atom stereocenters. The second-order valence-electron chi connectivity index (χ2n) is 2.31. The lowest BCUT2D eigenvalue weighted by Gasteiger charge is -2.09. The summed E-state index contributed by atoms with van der Waals surface area (Å²) in [5, 5.41) is 0. The van der Waals surface area contributed by atoms with Gasteiger partial charge in [-0.15, -0.1) is 0 Å². The number of hydrogen-bond donors (Lipinski definition) is 1. The SMILES string of the molecule is NCc1cccc(F)c1OC(F)F. The minimum absolute atomic E-state index is 0.0419. The quantitative estimate of drug-likeness (QED) is 0.791. The lowest BCUT2D eigenvalue weighted by molar-refractivity contribution is -0.0528. The van der Waals surface area contributed by atoms with Crippen LogP contribution in [0.25, 0.3) is 0 Å². The zero-order valence-corrected chi connectivity index (χ0v) is 6.64. The number of alkyl halides is 2. The van der Waals surface area contributed by atoms with E-state index >= 15 is 0 Å². The molecule has 0 aliphatic carbocycles. The molecule has 0 heterocycles. The molecular formula is C8H8F3NO. The summed E-state index contributed by atoms with van der Waals surface area (Å²) in [5.41, 5.74) is 5.43. The van der Waals surface area contributed by atoms with Crippen molar-refractivity contribution in [3.63, 3.8) is 0 Å². The average molecular weight is 191 g/mol. The van der Waals surface area contributed by atoms with Crippen molar-refractivity contribution < 1.29 is 17.9 Å². The standard InChI is InChI=1S/C8H8F3NO/c9-6-3-1-2-5(4-12)7(6)13-8(10)11/h1-3,8H,4,12H2. The number of ether oxygens (including phenoxy) is 1. The number of para-hydroxylation sites is 1. The highest BCUT2D eigenvalue weighted by Crippen LogP contribution is 2.23. The molecular weight excluding hydrogens is 183 g/mol. The second kappa shape index (κ2) is 4.13. The van der Waals surface area contributed by atoms with Crippen molar-refractivity contribution in [1.82, 2.24) is 0 Å². The van der Waals surface area contributed by atoms with E-state index in [-0.39, 0.29) is 12.1 Å². The fourth-order valence-electron chi connectivity index (χ4n) is 0.935. The van der Waals surface area contributed by atoms with E-state index in [0.29, 0.717) is 0 Å². The molecule has 0 aliphatic rings. The van der Waals surface area contributed by atoms with Gasteiger partial charge in [-0.3, -0.25) is 0 Å². The fraction of sp³-hybridized carbons (Fsp3) is 0.250. The van der Waals surface area contributed by atoms with Crippen molar-refractivity contribution in [2.24, 2.45) is 5.73 Å². The number of nitrogens with two attached hydrogens (primary N) is 1. The van der Waals surface area contributed by atoms with Crippen LogP contribution in [0.2, 0.25) is 0 Å². The molecule has 0 aliphatic heterocycles. The molecule has 5 heteroatoms. The predicted molar refractivity (Wildman–Crippen MR) is 40.9 cm³/mol. The van der Waals surface area contributed by atoms with Gasteiger partial charge in [0.05, 0.1) is 0 Å². The van der Waals surface area contributed by atoms with Gasteiger partial charge in [-0.1, -0.05) is 12.1 Å². The normalized spacial score (nSPS) is 10.5. The Kier molecular flexibility index (Phi) is 3.13. The minimum atomic E-state index is -3.04. The van der Waals surface area contributed by atoms with Gasteiger partial charge >= 0.3 is 6.61 Å². The van der Waals surface area contributed by atoms with Crippen LogP contribution in [0, 0.1) is 5.82 Å². The third-order valence-electron chi connectivity index (χ3n) is 1.48. The van der Waals surface area contributed by atoms with Gasteiger partial charge in [-0.2, -0.15) is 8.78 Å². The predicted octanol–water partition coefficient (Wildman–Crippen LogP) is 1.89. The number of rotatable bonds is 3. The summed E-state index contributed by atoms with van der Waals surface area (Å²) in [6.45, 7) is -3.08. The first kappa shape index (κ1) is 9.85. The molecule has 0 saturated heterocycles. The maximum atomic E-state index is 12.9. The van der Waals surface area contributed by atoms with Crippen LogP contribution in [-0.4, -0.2) is 6.61 Å². The van der Waals surface area contributed by atoms with Crippen LogP contribution < -0.4 is 10.5 Å². The molecule has 1 aromatic rings. The van der Waals surface area contributed by atoms with Crippen LogP contribution in [0.3, 0.4) is 0 Å². The highest BCUT2D eigenvalue weighted by Gasteiger charge is 2.13. The fourth-order valence-corrected chi connectivity index (χ4v) is 0.935. The Balaban J connectivity index is 3.00. The number of benzene rings is 1. The van der Waals surface area contributed by atoms with Crippen LogP contribution >= 0.6 is 0 Å². The molecule has 0 fully saturated rings. The first-order valence-electron chi connectivity index (χ1n) is 3.57.